The highest BCUT2D eigenvalue weighted by molar-refractivity contribution is 5.95. The molecule has 20 heavy (non-hydrogen) atoms. The Balaban J connectivity index is 2.67. The van der Waals surface area contributed by atoms with E-state index in [1.54, 1.807) is 32.4 Å². The van der Waals surface area contributed by atoms with Crippen LogP contribution in [-0.2, 0) is 0 Å². The summed E-state index contributed by atoms with van der Waals surface area (Å²) in [6.07, 6.45) is 0. The van der Waals surface area contributed by atoms with Crippen LogP contribution in [0.25, 0.3) is 0 Å². The second-order valence-electron chi connectivity index (χ2n) is 5.18. The van der Waals surface area contributed by atoms with Crippen molar-refractivity contribution < 1.29 is 14.3 Å². The van der Waals surface area contributed by atoms with Crippen molar-refractivity contribution in [3.63, 3.8) is 0 Å². The van der Waals surface area contributed by atoms with Crippen LogP contribution < -0.4 is 14.8 Å². The molecule has 0 heterocycles. The zero-order valence-electron chi connectivity index (χ0n) is 12.9. The molecule has 0 bridgehead atoms. The number of carbonyl (C=O) groups excluding carboxylic acids is 1. The van der Waals surface area contributed by atoms with E-state index in [9.17, 15) is 4.79 Å². The quantitative estimate of drug-likeness (QED) is 0.825. The molecule has 1 aromatic rings. The van der Waals surface area contributed by atoms with Crippen molar-refractivity contribution in [1.82, 2.24) is 10.2 Å². The van der Waals surface area contributed by atoms with E-state index < -0.39 is 0 Å². The smallest absolute Gasteiger partial charge is 0.251 e. The van der Waals surface area contributed by atoms with Gasteiger partial charge in [-0.2, -0.15) is 0 Å². The molecule has 1 amide bonds. The van der Waals surface area contributed by atoms with E-state index in [4.69, 9.17) is 9.47 Å². The van der Waals surface area contributed by atoms with Crippen LogP contribution in [0.5, 0.6) is 11.5 Å². The van der Waals surface area contributed by atoms with E-state index in [0.717, 1.165) is 6.54 Å². The van der Waals surface area contributed by atoms with Crippen molar-refractivity contribution in [3.05, 3.63) is 23.8 Å². The molecule has 0 radical (unpaired) electrons. The Labute approximate surface area is 120 Å². The average molecular weight is 280 g/mol. The van der Waals surface area contributed by atoms with Gasteiger partial charge in [-0.1, -0.05) is 6.92 Å². The highest BCUT2D eigenvalue weighted by Crippen LogP contribution is 2.22. The third-order valence-corrected chi connectivity index (χ3v) is 2.90. The number of ether oxygens (including phenoxy) is 2. The minimum atomic E-state index is -0.118. The summed E-state index contributed by atoms with van der Waals surface area (Å²) < 4.78 is 10.3. The molecule has 5 heteroatoms. The lowest BCUT2D eigenvalue weighted by atomic mass is 10.1. The standard InChI is InChI=1S/C15H24N2O3/c1-11(10-17(2)3)9-16-15(18)12-6-13(19-4)8-14(7-12)20-5/h6-8,11H,9-10H2,1-5H3,(H,16,18)/t11-/m1/s1. The number of carbonyl (C=O) groups is 1. The van der Waals surface area contributed by atoms with Crippen molar-refractivity contribution in [1.29, 1.82) is 0 Å². The van der Waals surface area contributed by atoms with Gasteiger partial charge in [-0.3, -0.25) is 4.79 Å². The molecular formula is C15H24N2O3. The van der Waals surface area contributed by atoms with Gasteiger partial charge >= 0.3 is 0 Å². The number of amides is 1. The molecule has 1 N–H and O–H groups in total. The highest BCUT2D eigenvalue weighted by atomic mass is 16.5. The second kappa shape index (κ2) is 7.75. The molecule has 1 aromatic carbocycles. The van der Waals surface area contributed by atoms with Crippen molar-refractivity contribution in [2.24, 2.45) is 5.92 Å². The number of nitrogens with one attached hydrogen (secondary N) is 1. The van der Waals surface area contributed by atoms with Gasteiger partial charge in [-0.25, -0.2) is 0 Å². The Hall–Kier alpha value is -1.75. The fraction of sp³-hybridized carbons (Fsp3) is 0.533. The average Bonchev–Trinajstić information content (AvgIpc) is 2.43. The van der Waals surface area contributed by atoms with Gasteiger partial charge in [-0.05, 0) is 32.1 Å². The molecule has 0 aliphatic carbocycles. The van der Waals surface area contributed by atoms with Crippen LogP contribution in [0.15, 0.2) is 18.2 Å². The Morgan fingerprint density at radius 2 is 1.75 bits per heavy atom. The normalized spacial score (nSPS) is 12.1. The van der Waals surface area contributed by atoms with Gasteiger partial charge in [-0.15, -0.1) is 0 Å². The number of hydrogen-bond donors (Lipinski definition) is 1. The van der Waals surface area contributed by atoms with Crippen LogP contribution in [0.2, 0.25) is 0 Å². The van der Waals surface area contributed by atoms with Gasteiger partial charge in [0.25, 0.3) is 5.91 Å². The first-order valence-corrected chi connectivity index (χ1v) is 6.62. The van der Waals surface area contributed by atoms with Crippen LogP contribution >= 0.6 is 0 Å². The lowest BCUT2D eigenvalue weighted by Crippen LogP contribution is -2.32. The van der Waals surface area contributed by atoms with Gasteiger partial charge in [0.2, 0.25) is 0 Å². The predicted octanol–water partition coefficient (Wildman–Crippen LogP) is 1.63. The monoisotopic (exact) mass is 280 g/mol. The molecule has 5 nitrogen and oxygen atoms in total. The molecule has 0 unspecified atom stereocenters. The van der Waals surface area contributed by atoms with E-state index in [2.05, 4.69) is 17.1 Å². The number of rotatable bonds is 7. The van der Waals surface area contributed by atoms with Gasteiger partial charge < -0.3 is 19.7 Å². The lowest BCUT2D eigenvalue weighted by Gasteiger charge is -2.17. The summed E-state index contributed by atoms with van der Waals surface area (Å²) in [5, 5.41) is 2.93. The van der Waals surface area contributed by atoms with E-state index in [1.807, 2.05) is 14.1 Å². The van der Waals surface area contributed by atoms with Gasteiger partial charge in [0.15, 0.2) is 0 Å². The van der Waals surface area contributed by atoms with Crippen LogP contribution in [0.1, 0.15) is 17.3 Å². The topological polar surface area (TPSA) is 50.8 Å². The molecule has 1 atom stereocenters. The maximum atomic E-state index is 12.1. The largest absolute Gasteiger partial charge is 0.497 e. The Kier molecular flexibility index (Phi) is 6.31. The van der Waals surface area contributed by atoms with Crippen molar-refractivity contribution in [2.75, 3.05) is 41.4 Å². The van der Waals surface area contributed by atoms with Crippen molar-refractivity contribution in [3.8, 4) is 11.5 Å². The van der Waals surface area contributed by atoms with Crippen LogP contribution in [0, 0.1) is 5.92 Å². The Bertz CT molecular complexity index is 424. The van der Waals surface area contributed by atoms with Crippen LogP contribution in [0.4, 0.5) is 0 Å². The third kappa shape index (κ3) is 5.09. The molecule has 0 aliphatic heterocycles. The molecule has 112 valence electrons. The summed E-state index contributed by atoms with van der Waals surface area (Å²) in [6, 6.07) is 5.15. The molecule has 1 rings (SSSR count). The van der Waals surface area contributed by atoms with Gasteiger partial charge in [0.05, 0.1) is 14.2 Å². The number of hydrogen-bond acceptors (Lipinski definition) is 4. The summed E-state index contributed by atoms with van der Waals surface area (Å²) >= 11 is 0. The zero-order valence-corrected chi connectivity index (χ0v) is 12.9. The molecule has 0 spiro atoms. The van der Waals surface area contributed by atoms with Crippen LogP contribution in [0.3, 0.4) is 0 Å². The summed E-state index contributed by atoms with van der Waals surface area (Å²) in [4.78, 5) is 14.2. The fourth-order valence-electron chi connectivity index (χ4n) is 2.00. The summed E-state index contributed by atoms with van der Waals surface area (Å²) in [6.45, 7) is 3.67. The van der Waals surface area contributed by atoms with Crippen molar-refractivity contribution in [2.45, 2.75) is 6.92 Å². The first-order chi connectivity index (χ1) is 9.46. The molecule has 0 saturated heterocycles. The minimum absolute atomic E-state index is 0.118. The van der Waals surface area contributed by atoms with E-state index in [-0.39, 0.29) is 5.91 Å². The molecule has 0 saturated carbocycles. The first-order valence-electron chi connectivity index (χ1n) is 6.62. The number of nitrogens with zero attached hydrogens (tertiary/aromatic N) is 1. The Morgan fingerprint density at radius 3 is 2.20 bits per heavy atom. The predicted molar refractivity (Wildman–Crippen MR) is 79.6 cm³/mol. The lowest BCUT2D eigenvalue weighted by molar-refractivity contribution is 0.0945. The van der Waals surface area contributed by atoms with Gasteiger partial charge in [0, 0.05) is 24.7 Å². The summed E-state index contributed by atoms with van der Waals surface area (Å²) in [7, 11) is 7.17. The van der Waals surface area contributed by atoms with Crippen LogP contribution in [-0.4, -0.2) is 52.2 Å². The molecule has 0 fully saturated rings. The van der Waals surface area contributed by atoms with E-state index >= 15 is 0 Å². The van der Waals surface area contributed by atoms with Crippen molar-refractivity contribution >= 4 is 5.91 Å². The van der Waals surface area contributed by atoms with E-state index in [0.29, 0.717) is 29.5 Å². The highest BCUT2D eigenvalue weighted by Gasteiger charge is 2.11. The first kappa shape index (κ1) is 16.3. The Morgan fingerprint density at radius 1 is 1.20 bits per heavy atom. The van der Waals surface area contributed by atoms with Gasteiger partial charge in [0.1, 0.15) is 11.5 Å². The van der Waals surface area contributed by atoms with E-state index in [1.165, 1.54) is 0 Å². The SMILES string of the molecule is COc1cc(OC)cc(C(=O)NC[C@@H](C)CN(C)C)c1. The summed E-state index contributed by atoms with van der Waals surface area (Å²) in [5.41, 5.74) is 0.540. The third-order valence-electron chi connectivity index (χ3n) is 2.90. The number of methoxy groups -OCH3 is 2. The number of benzene rings is 1. The second-order valence-corrected chi connectivity index (χ2v) is 5.18. The molecule has 0 aliphatic rings. The molecule has 0 aromatic heterocycles. The maximum Gasteiger partial charge on any atom is 0.251 e. The molecular weight excluding hydrogens is 256 g/mol. The maximum absolute atomic E-state index is 12.1. The minimum Gasteiger partial charge on any atom is -0.497 e. The summed E-state index contributed by atoms with van der Waals surface area (Å²) in [5.74, 6) is 1.49. The fourth-order valence-corrected chi connectivity index (χ4v) is 2.00. The zero-order chi connectivity index (χ0) is 15.1.